The van der Waals surface area contributed by atoms with Crippen molar-refractivity contribution >= 4 is 106 Å². The lowest BCUT2D eigenvalue weighted by atomic mass is 10.1. The lowest BCUT2D eigenvalue weighted by Crippen LogP contribution is -2.74. The second-order valence-electron chi connectivity index (χ2n) is 15.2. The maximum atomic E-state index is 2.57. The van der Waals surface area contributed by atoms with Gasteiger partial charge in [-0.3, -0.25) is 0 Å². The molecule has 0 saturated heterocycles. The number of hydrogen-bond acceptors (Lipinski definition) is 1. The Morgan fingerprint density at radius 1 is 0.328 bits per heavy atom. The van der Waals surface area contributed by atoms with E-state index in [4.69, 9.17) is 0 Å². The fourth-order valence-electron chi connectivity index (χ4n) is 9.53. The topological polar surface area (TPSA) is 4.93 Å². The van der Waals surface area contributed by atoms with Gasteiger partial charge >= 0.3 is 0 Å². The van der Waals surface area contributed by atoms with Gasteiger partial charge in [-0.2, -0.15) is 0 Å². The summed E-state index contributed by atoms with van der Waals surface area (Å²) in [6.07, 6.45) is 0. The highest BCUT2D eigenvalue weighted by Gasteiger charge is 2.42. The van der Waals surface area contributed by atoms with Crippen LogP contribution in [0.15, 0.2) is 231 Å². The van der Waals surface area contributed by atoms with E-state index < -0.39 is 16.9 Å². The van der Waals surface area contributed by atoms with E-state index in [0.717, 1.165) is 0 Å². The summed E-state index contributed by atoms with van der Waals surface area (Å²) in [4.78, 5) is 0. The van der Waals surface area contributed by atoms with Gasteiger partial charge in [0, 0.05) is 36.6 Å². The van der Waals surface area contributed by atoms with Gasteiger partial charge in [-0.1, -0.05) is 210 Å². The van der Waals surface area contributed by atoms with Gasteiger partial charge in [0.1, 0.15) is 8.80 Å². The molecule has 0 radical (unpaired) electrons. The number of thiophene rings is 1. The zero-order chi connectivity index (χ0) is 38.5. The maximum Gasteiger partial charge on any atom is 0.179 e. The number of aromatic nitrogens is 1. The molecule has 58 heavy (non-hydrogen) atoms. The highest BCUT2D eigenvalue weighted by molar-refractivity contribution is 7.26. The molecule has 0 amide bonds. The van der Waals surface area contributed by atoms with Gasteiger partial charge < -0.3 is 4.57 Å². The SMILES string of the molecule is c1ccc([SiH](c2ccccc2)c2ccc3sc4ccc([Si](c5ccccc5)(c5ccccc5)c5cccc(-n6c7ccccc7c7ccccc76)c5)cc4c3c2)cc1. The summed E-state index contributed by atoms with van der Waals surface area (Å²) >= 11 is 1.91. The second-order valence-corrected chi connectivity index (χ2v) is 23.0. The van der Waals surface area contributed by atoms with Crippen LogP contribution in [-0.4, -0.2) is 21.4 Å². The minimum atomic E-state index is -2.90. The Kier molecular flexibility index (Phi) is 8.62. The van der Waals surface area contributed by atoms with E-state index in [1.165, 1.54) is 84.0 Å². The molecule has 11 rings (SSSR count). The summed E-state index contributed by atoms with van der Waals surface area (Å²) in [5, 5.41) is 15.1. The number of benzene rings is 9. The molecule has 0 bridgehead atoms. The molecule has 0 aliphatic rings. The van der Waals surface area contributed by atoms with Crippen LogP contribution in [0.4, 0.5) is 0 Å². The van der Waals surface area contributed by atoms with Crippen LogP contribution < -0.4 is 36.3 Å². The quantitative estimate of drug-likeness (QED) is 0.107. The molecule has 0 aliphatic heterocycles. The Labute approximate surface area is 345 Å². The third kappa shape index (κ3) is 5.64. The van der Waals surface area contributed by atoms with Gasteiger partial charge in [0.2, 0.25) is 0 Å². The van der Waals surface area contributed by atoms with Crippen molar-refractivity contribution in [1.82, 2.24) is 4.57 Å². The molecular weight excluding hydrogens is 751 g/mol. The van der Waals surface area contributed by atoms with Crippen molar-refractivity contribution < 1.29 is 0 Å². The van der Waals surface area contributed by atoms with E-state index in [-0.39, 0.29) is 0 Å². The average Bonchev–Trinajstić information content (AvgIpc) is 3.84. The summed E-state index contributed by atoms with van der Waals surface area (Å²) < 4.78 is 5.13. The van der Waals surface area contributed by atoms with Crippen LogP contribution in [0.1, 0.15) is 0 Å². The van der Waals surface area contributed by atoms with Crippen LogP contribution >= 0.6 is 11.3 Å². The Balaban J connectivity index is 1.17. The number of para-hydroxylation sites is 2. The first-order chi connectivity index (χ1) is 28.8. The molecule has 9 aromatic carbocycles. The predicted molar refractivity (Wildman–Crippen MR) is 256 cm³/mol. The zero-order valence-corrected chi connectivity index (χ0v) is 34.8. The van der Waals surface area contributed by atoms with Crippen molar-refractivity contribution in [3.63, 3.8) is 0 Å². The Hall–Kier alpha value is -6.57. The Morgan fingerprint density at radius 2 is 0.793 bits per heavy atom. The van der Waals surface area contributed by atoms with Crippen molar-refractivity contribution in [2.24, 2.45) is 0 Å². The predicted octanol–water partition coefficient (Wildman–Crippen LogP) is 8.78. The molecular formula is C54H39NSSi2. The molecule has 2 aromatic heterocycles. The first kappa shape index (κ1) is 34.7. The van der Waals surface area contributed by atoms with E-state index >= 15 is 0 Å². The molecule has 0 N–H and O–H groups in total. The Bertz CT molecular complexity index is 3100. The van der Waals surface area contributed by atoms with Crippen molar-refractivity contribution in [2.45, 2.75) is 0 Å². The molecule has 1 nitrogen and oxygen atoms in total. The number of hydrogen-bond donors (Lipinski definition) is 0. The molecule has 0 saturated carbocycles. The number of rotatable bonds is 8. The van der Waals surface area contributed by atoms with Crippen molar-refractivity contribution in [1.29, 1.82) is 0 Å². The summed E-state index contributed by atoms with van der Waals surface area (Å²) in [6, 6.07) is 86.8. The highest BCUT2D eigenvalue weighted by Crippen LogP contribution is 2.34. The largest absolute Gasteiger partial charge is 0.309 e. The van der Waals surface area contributed by atoms with Crippen LogP contribution in [0.2, 0.25) is 0 Å². The third-order valence-corrected chi connectivity index (χ3v) is 21.1. The van der Waals surface area contributed by atoms with Gasteiger partial charge in [-0.15, -0.1) is 11.3 Å². The Morgan fingerprint density at radius 3 is 1.38 bits per heavy atom. The molecule has 0 spiro atoms. The van der Waals surface area contributed by atoms with Crippen LogP contribution in [0.5, 0.6) is 0 Å². The first-order valence-electron chi connectivity index (χ1n) is 20.0. The lowest BCUT2D eigenvalue weighted by Gasteiger charge is -2.35. The van der Waals surface area contributed by atoms with E-state index in [2.05, 4.69) is 235 Å². The maximum absolute atomic E-state index is 2.90. The summed E-state index contributed by atoms with van der Waals surface area (Å²) in [5.74, 6) is 0. The van der Waals surface area contributed by atoms with Crippen LogP contribution in [-0.2, 0) is 0 Å². The van der Waals surface area contributed by atoms with E-state index in [1.54, 1.807) is 0 Å². The molecule has 2 heterocycles. The minimum absolute atomic E-state index is 1.18. The normalized spacial score (nSPS) is 11.9. The molecule has 0 aliphatic carbocycles. The first-order valence-corrected chi connectivity index (χ1v) is 24.6. The van der Waals surface area contributed by atoms with Gasteiger partial charge in [-0.05, 0) is 57.1 Å². The molecule has 0 unspecified atom stereocenters. The third-order valence-electron chi connectivity index (χ3n) is 12.1. The number of fused-ring (bicyclic) bond motifs is 6. The zero-order valence-electron chi connectivity index (χ0n) is 31.9. The highest BCUT2D eigenvalue weighted by atomic mass is 32.1. The molecule has 0 atom stereocenters. The fraction of sp³-hybridized carbons (Fsp3) is 0. The monoisotopic (exact) mass is 789 g/mol. The van der Waals surface area contributed by atoms with E-state index in [0.29, 0.717) is 0 Å². The van der Waals surface area contributed by atoms with Gasteiger partial charge in [0.05, 0.1) is 11.0 Å². The van der Waals surface area contributed by atoms with Gasteiger partial charge in [0.15, 0.2) is 8.07 Å². The average molecular weight is 790 g/mol. The summed E-state index contributed by atoms with van der Waals surface area (Å²) in [5.41, 5.74) is 3.63. The van der Waals surface area contributed by atoms with Crippen LogP contribution in [0.3, 0.4) is 0 Å². The number of nitrogens with zero attached hydrogens (tertiary/aromatic N) is 1. The van der Waals surface area contributed by atoms with Gasteiger partial charge in [-0.25, -0.2) is 0 Å². The van der Waals surface area contributed by atoms with E-state index in [1.807, 2.05) is 11.3 Å². The smallest absolute Gasteiger partial charge is 0.179 e. The van der Waals surface area contributed by atoms with Crippen LogP contribution in [0.25, 0.3) is 47.7 Å². The molecule has 4 heteroatoms. The fourth-order valence-corrected chi connectivity index (χ4v) is 18.4. The molecule has 0 fully saturated rings. The van der Waals surface area contributed by atoms with Crippen molar-refractivity contribution in [3.8, 4) is 5.69 Å². The van der Waals surface area contributed by atoms with Crippen molar-refractivity contribution in [3.05, 3.63) is 231 Å². The van der Waals surface area contributed by atoms with Crippen molar-refractivity contribution in [2.75, 3.05) is 0 Å². The molecule has 274 valence electrons. The second kappa shape index (κ2) is 14.4. The summed E-state index contributed by atoms with van der Waals surface area (Å²) in [6.45, 7) is 0. The standard InChI is InChI=1S/C54H39NSSi2/c1-5-19-40(20-6-1)57(41-21-7-2-8-22-41)42-32-34-53-49(37-42)50-38-46(33-35-54(50)56-53)58(43-23-9-3-10-24-43,44-25-11-4-12-26-44)45-27-17-18-39(36-45)55-51-30-15-13-28-47(51)48-29-14-16-31-52(48)55/h1-38,57H. The lowest BCUT2D eigenvalue weighted by molar-refractivity contribution is 1.18. The minimum Gasteiger partial charge on any atom is -0.309 e. The van der Waals surface area contributed by atoms with Gasteiger partial charge in [0.25, 0.3) is 0 Å². The molecule has 11 aromatic rings. The van der Waals surface area contributed by atoms with E-state index in [9.17, 15) is 0 Å². The van der Waals surface area contributed by atoms with Crippen LogP contribution in [0, 0.1) is 0 Å². The summed E-state index contributed by atoms with van der Waals surface area (Å²) in [7, 11) is -4.62.